The van der Waals surface area contributed by atoms with Crippen LogP contribution in [0.3, 0.4) is 0 Å². The third-order valence-corrected chi connectivity index (χ3v) is 5.70. The van der Waals surface area contributed by atoms with Gasteiger partial charge in [0.15, 0.2) is 0 Å². The summed E-state index contributed by atoms with van der Waals surface area (Å²) in [6, 6.07) is 15.4. The second kappa shape index (κ2) is 7.32. The maximum atomic E-state index is 12.4. The van der Waals surface area contributed by atoms with Gasteiger partial charge in [0.2, 0.25) is 5.91 Å². The summed E-state index contributed by atoms with van der Waals surface area (Å²) in [6.45, 7) is 4.86. The van der Waals surface area contributed by atoms with E-state index in [-0.39, 0.29) is 18.2 Å². The summed E-state index contributed by atoms with van der Waals surface area (Å²) in [5.74, 6) is -0.162. The molecule has 5 nitrogen and oxygen atoms in total. The fourth-order valence-electron chi connectivity index (χ4n) is 3.21. The first kappa shape index (κ1) is 17.4. The van der Waals surface area contributed by atoms with E-state index >= 15 is 0 Å². The number of benzene rings is 2. The number of nitrogens with one attached hydrogen (secondary N) is 1. The molecule has 0 radical (unpaired) electrons. The molecule has 1 aromatic heterocycles. The van der Waals surface area contributed by atoms with Crippen molar-refractivity contribution in [1.82, 2.24) is 15.2 Å². The van der Waals surface area contributed by atoms with E-state index < -0.39 is 0 Å². The van der Waals surface area contributed by atoms with Crippen molar-refractivity contribution in [2.24, 2.45) is 0 Å². The Morgan fingerprint density at radius 1 is 1.11 bits per heavy atom. The molecule has 2 aromatic carbocycles. The first-order valence-electron chi connectivity index (χ1n) is 8.85. The van der Waals surface area contributed by atoms with Gasteiger partial charge in [0.25, 0.3) is 5.91 Å². The van der Waals surface area contributed by atoms with E-state index in [9.17, 15) is 9.59 Å². The molecule has 6 heteroatoms. The molecule has 2 amide bonds. The number of para-hydroxylation sites is 1. The van der Waals surface area contributed by atoms with Gasteiger partial charge >= 0.3 is 0 Å². The topological polar surface area (TPSA) is 62.3 Å². The maximum Gasteiger partial charge on any atom is 0.258 e. The standard InChI is InChI=1S/C21H19N3O2S/c1-14-15-6-2-3-7-16(15)21(26)24(14)13-11-19(25)22-12-10-20-23-17-8-4-5-9-18(17)27-20/h2-9H,1,10-13H2,(H,22,25). The van der Waals surface area contributed by atoms with Crippen LogP contribution in [-0.2, 0) is 11.2 Å². The molecule has 136 valence electrons. The summed E-state index contributed by atoms with van der Waals surface area (Å²) in [5.41, 5.74) is 3.16. The van der Waals surface area contributed by atoms with Gasteiger partial charge in [-0.15, -0.1) is 11.3 Å². The minimum atomic E-state index is -0.0853. The molecule has 0 fully saturated rings. The van der Waals surface area contributed by atoms with Crippen molar-refractivity contribution in [1.29, 1.82) is 0 Å². The van der Waals surface area contributed by atoms with Crippen LogP contribution < -0.4 is 5.32 Å². The molecule has 1 aliphatic heterocycles. The van der Waals surface area contributed by atoms with E-state index in [2.05, 4.69) is 16.9 Å². The molecule has 4 rings (SSSR count). The zero-order valence-corrected chi connectivity index (χ0v) is 15.6. The number of hydrogen-bond donors (Lipinski definition) is 1. The minimum absolute atomic E-state index is 0.0762. The molecule has 3 aromatic rings. The summed E-state index contributed by atoms with van der Waals surface area (Å²) in [7, 11) is 0. The largest absolute Gasteiger partial charge is 0.356 e. The highest BCUT2D eigenvalue weighted by atomic mass is 32.1. The van der Waals surface area contributed by atoms with E-state index in [4.69, 9.17) is 0 Å². The Balaban J connectivity index is 1.27. The van der Waals surface area contributed by atoms with Crippen LogP contribution in [0.5, 0.6) is 0 Å². The molecular formula is C21H19N3O2S. The van der Waals surface area contributed by atoms with Gasteiger partial charge in [-0.1, -0.05) is 36.9 Å². The third kappa shape index (κ3) is 3.48. The average Bonchev–Trinajstić information content (AvgIpc) is 3.20. The van der Waals surface area contributed by atoms with Gasteiger partial charge in [-0.2, -0.15) is 0 Å². The molecule has 27 heavy (non-hydrogen) atoms. The van der Waals surface area contributed by atoms with E-state index in [1.807, 2.05) is 42.5 Å². The van der Waals surface area contributed by atoms with Gasteiger partial charge in [0, 0.05) is 42.8 Å². The zero-order chi connectivity index (χ0) is 18.8. The van der Waals surface area contributed by atoms with Crippen LogP contribution in [0.2, 0.25) is 0 Å². The molecular weight excluding hydrogens is 358 g/mol. The van der Waals surface area contributed by atoms with E-state index in [0.717, 1.165) is 20.8 Å². The molecule has 1 N–H and O–H groups in total. The SMILES string of the molecule is C=C1c2ccccc2C(=O)N1CCC(=O)NCCc1nc2ccccc2s1. The lowest BCUT2D eigenvalue weighted by Gasteiger charge is -2.17. The Morgan fingerprint density at radius 3 is 2.63 bits per heavy atom. The zero-order valence-electron chi connectivity index (χ0n) is 14.8. The highest BCUT2D eigenvalue weighted by Gasteiger charge is 2.30. The highest BCUT2D eigenvalue weighted by molar-refractivity contribution is 7.18. The number of amides is 2. The highest BCUT2D eigenvalue weighted by Crippen LogP contribution is 2.31. The van der Waals surface area contributed by atoms with Crippen molar-refractivity contribution in [2.45, 2.75) is 12.8 Å². The monoisotopic (exact) mass is 377 g/mol. The lowest BCUT2D eigenvalue weighted by atomic mass is 10.1. The van der Waals surface area contributed by atoms with Crippen molar-refractivity contribution in [3.8, 4) is 0 Å². The number of nitrogens with zero attached hydrogens (tertiary/aromatic N) is 2. The van der Waals surface area contributed by atoms with E-state index in [1.54, 1.807) is 22.3 Å². The van der Waals surface area contributed by atoms with E-state index in [0.29, 0.717) is 30.8 Å². The second-order valence-electron chi connectivity index (χ2n) is 6.37. The average molecular weight is 377 g/mol. The number of fused-ring (bicyclic) bond motifs is 2. The fraction of sp³-hybridized carbons (Fsp3) is 0.190. The quantitative estimate of drug-likeness (QED) is 0.715. The van der Waals surface area contributed by atoms with Crippen LogP contribution in [-0.4, -0.2) is 34.8 Å². The number of hydrogen-bond acceptors (Lipinski definition) is 4. The van der Waals surface area contributed by atoms with Crippen LogP contribution in [0.4, 0.5) is 0 Å². The number of rotatable bonds is 6. The number of carbonyl (C=O) groups excluding carboxylic acids is 2. The number of carbonyl (C=O) groups is 2. The summed E-state index contributed by atoms with van der Waals surface area (Å²) in [4.78, 5) is 30.7. The summed E-state index contributed by atoms with van der Waals surface area (Å²) >= 11 is 1.65. The van der Waals surface area contributed by atoms with Crippen LogP contribution in [0.1, 0.15) is 27.3 Å². The molecule has 0 saturated carbocycles. The van der Waals surface area contributed by atoms with Crippen molar-refractivity contribution in [3.63, 3.8) is 0 Å². The Labute approximate surface area is 161 Å². The number of thiazole rings is 1. The first-order chi connectivity index (χ1) is 13.1. The van der Waals surface area contributed by atoms with Gasteiger partial charge in [-0.25, -0.2) is 4.98 Å². The predicted molar refractivity (Wildman–Crippen MR) is 107 cm³/mol. The van der Waals surface area contributed by atoms with Crippen LogP contribution >= 0.6 is 11.3 Å². The van der Waals surface area contributed by atoms with Gasteiger partial charge in [0.1, 0.15) is 0 Å². The van der Waals surface area contributed by atoms with Crippen molar-refractivity contribution in [2.75, 3.05) is 13.1 Å². The van der Waals surface area contributed by atoms with Crippen molar-refractivity contribution < 1.29 is 9.59 Å². The second-order valence-corrected chi connectivity index (χ2v) is 7.49. The van der Waals surface area contributed by atoms with Crippen LogP contribution in [0.15, 0.2) is 55.1 Å². The van der Waals surface area contributed by atoms with Gasteiger partial charge < -0.3 is 10.2 Å². The van der Waals surface area contributed by atoms with Crippen LogP contribution in [0, 0.1) is 0 Å². The molecule has 0 unspecified atom stereocenters. The number of aromatic nitrogens is 1. The van der Waals surface area contributed by atoms with Gasteiger partial charge in [0.05, 0.1) is 15.2 Å². The van der Waals surface area contributed by atoms with Gasteiger partial charge in [-0.05, 0) is 18.2 Å². The van der Waals surface area contributed by atoms with Crippen molar-refractivity contribution in [3.05, 3.63) is 71.2 Å². The van der Waals surface area contributed by atoms with Gasteiger partial charge in [-0.3, -0.25) is 9.59 Å². The van der Waals surface area contributed by atoms with E-state index in [1.165, 1.54) is 0 Å². The summed E-state index contributed by atoms with van der Waals surface area (Å²) < 4.78 is 1.16. The predicted octanol–water partition coefficient (Wildman–Crippen LogP) is 3.47. The lowest BCUT2D eigenvalue weighted by Crippen LogP contribution is -2.31. The Hall–Kier alpha value is -2.99. The Bertz CT molecular complexity index is 973. The summed E-state index contributed by atoms with van der Waals surface area (Å²) in [6.07, 6.45) is 0.949. The third-order valence-electron chi connectivity index (χ3n) is 4.60. The normalized spacial score (nSPS) is 13.3. The first-order valence-corrected chi connectivity index (χ1v) is 9.66. The molecule has 2 heterocycles. The lowest BCUT2D eigenvalue weighted by molar-refractivity contribution is -0.121. The minimum Gasteiger partial charge on any atom is -0.356 e. The molecule has 0 saturated heterocycles. The smallest absolute Gasteiger partial charge is 0.258 e. The Morgan fingerprint density at radius 2 is 1.85 bits per heavy atom. The molecule has 0 bridgehead atoms. The summed E-state index contributed by atoms with van der Waals surface area (Å²) in [5, 5.41) is 3.92. The molecule has 0 spiro atoms. The molecule has 0 aliphatic carbocycles. The Kier molecular flexibility index (Phi) is 4.73. The maximum absolute atomic E-state index is 12.4. The van der Waals surface area contributed by atoms with Crippen molar-refractivity contribution >= 4 is 39.1 Å². The molecule has 0 atom stereocenters. The molecule has 1 aliphatic rings. The fourth-order valence-corrected chi connectivity index (χ4v) is 4.18. The van der Waals surface area contributed by atoms with Crippen LogP contribution in [0.25, 0.3) is 15.9 Å².